The summed E-state index contributed by atoms with van der Waals surface area (Å²) in [6.45, 7) is 0. The molecule has 1 aromatic heterocycles. The molecule has 20 heavy (non-hydrogen) atoms. The van der Waals surface area contributed by atoms with Gasteiger partial charge in [0.1, 0.15) is 5.69 Å². The van der Waals surface area contributed by atoms with Gasteiger partial charge in [0.05, 0.1) is 6.20 Å². The SMILES string of the molecule is Clc1ccccc1-c1ccc(C=Cc2cn[nH]n2)cc1. The Balaban J connectivity index is 1.83. The van der Waals surface area contributed by atoms with E-state index in [2.05, 4.69) is 39.7 Å². The number of H-pyrrole nitrogens is 1. The van der Waals surface area contributed by atoms with Gasteiger partial charge in [-0.2, -0.15) is 15.4 Å². The van der Waals surface area contributed by atoms with Crippen molar-refractivity contribution in [3.8, 4) is 11.1 Å². The van der Waals surface area contributed by atoms with Crippen molar-refractivity contribution in [3.63, 3.8) is 0 Å². The van der Waals surface area contributed by atoms with Crippen LogP contribution in [0.4, 0.5) is 0 Å². The lowest BCUT2D eigenvalue weighted by atomic mass is 10.0. The maximum atomic E-state index is 6.19. The molecule has 3 rings (SSSR count). The van der Waals surface area contributed by atoms with Gasteiger partial charge in [-0.1, -0.05) is 60.1 Å². The zero-order chi connectivity index (χ0) is 13.8. The summed E-state index contributed by atoms with van der Waals surface area (Å²) < 4.78 is 0. The maximum absolute atomic E-state index is 6.19. The highest BCUT2D eigenvalue weighted by molar-refractivity contribution is 6.33. The molecule has 1 N–H and O–H groups in total. The standard InChI is InChI=1S/C16H12ClN3/c17-16-4-2-1-3-15(16)13-8-5-12(6-9-13)7-10-14-11-18-20-19-14/h1-11H,(H,18,19,20). The second kappa shape index (κ2) is 5.72. The van der Waals surface area contributed by atoms with Crippen molar-refractivity contribution in [1.82, 2.24) is 15.4 Å². The number of halogens is 1. The fourth-order valence-electron chi connectivity index (χ4n) is 1.94. The molecular weight excluding hydrogens is 270 g/mol. The molecule has 0 aliphatic heterocycles. The third kappa shape index (κ3) is 2.78. The lowest BCUT2D eigenvalue weighted by Gasteiger charge is -2.04. The van der Waals surface area contributed by atoms with Gasteiger partial charge in [-0.05, 0) is 23.3 Å². The average Bonchev–Trinajstić information content (AvgIpc) is 3.00. The van der Waals surface area contributed by atoms with Crippen LogP contribution in [0.25, 0.3) is 23.3 Å². The first-order chi connectivity index (χ1) is 9.83. The summed E-state index contributed by atoms with van der Waals surface area (Å²) in [4.78, 5) is 0. The van der Waals surface area contributed by atoms with Crippen LogP contribution in [0, 0.1) is 0 Å². The molecule has 0 aliphatic carbocycles. The smallest absolute Gasteiger partial charge is 0.105 e. The van der Waals surface area contributed by atoms with E-state index in [1.807, 2.05) is 36.4 Å². The number of hydrogen-bond acceptors (Lipinski definition) is 2. The minimum absolute atomic E-state index is 0.762. The molecule has 3 aromatic rings. The highest BCUT2D eigenvalue weighted by Crippen LogP contribution is 2.27. The van der Waals surface area contributed by atoms with Crippen LogP contribution in [-0.4, -0.2) is 15.4 Å². The lowest BCUT2D eigenvalue weighted by molar-refractivity contribution is 0.937. The highest BCUT2D eigenvalue weighted by Gasteiger charge is 2.01. The molecule has 98 valence electrons. The van der Waals surface area contributed by atoms with Crippen LogP contribution in [0.2, 0.25) is 5.02 Å². The molecule has 0 radical (unpaired) electrons. The summed E-state index contributed by atoms with van der Waals surface area (Å²) in [7, 11) is 0. The van der Waals surface area contributed by atoms with Gasteiger partial charge in [-0.3, -0.25) is 0 Å². The van der Waals surface area contributed by atoms with Crippen molar-refractivity contribution < 1.29 is 0 Å². The lowest BCUT2D eigenvalue weighted by Crippen LogP contribution is -1.80. The van der Waals surface area contributed by atoms with Gasteiger partial charge >= 0.3 is 0 Å². The van der Waals surface area contributed by atoms with E-state index in [4.69, 9.17) is 11.6 Å². The molecule has 1 heterocycles. The second-order valence-electron chi connectivity index (χ2n) is 4.33. The number of aromatic amines is 1. The van der Waals surface area contributed by atoms with E-state index >= 15 is 0 Å². The van der Waals surface area contributed by atoms with Crippen molar-refractivity contribution in [2.24, 2.45) is 0 Å². The molecule has 3 nitrogen and oxygen atoms in total. The third-order valence-electron chi connectivity index (χ3n) is 2.98. The van der Waals surface area contributed by atoms with Crippen LogP contribution in [0.3, 0.4) is 0 Å². The van der Waals surface area contributed by atoms with E-state index in [1.54, 1.807) is 6.20 Å². The molecule has 0 fully saturated rings. The van der Waals surface area contributed by atoms with Gasteiger partial charge in [-0.25, -0.2) is 0 Å². The van der Waals surface area contributed by atoms with Crippen LogP contribution in [-0.2, 0) is 0 Å². The quantitative estimate of drug-likeness (QED) is 0.778. The summed E-state index contributed by atoms with van der Waals surface area (Å²) in [5.74, 6) is 0. The normalized spacial score (nSPS) is 11.1. The predicted octanol–water partition coefficient (Wildman–Crippen LogP) is 4.30. The fraction of sp³-hybridized carbons (Fsp3) is 0. The number of hydrogen-bond donors (Lipinski definition) is 1. The Morgan fingerprint density at radius 2 is 1.75 bits per heavy atom. The number of rotatable bonds is 3. The Morgan fingerprint density at radius 3 is 2.45 bits per heavy atom. The summed E-state index contributed by atoms with van der Waals surface area (Å²) >= 11 is 6.19. The van der Waals surface area contributed by atoms with E-state index in [1.165, 1.54) is 0 Å². The summed E-state index contributed by atoms with van der Waals surface area (Å²) in [5.41, 5.74) is 4.05. The Labute approximate surface area is 121 Å². The van der Waals surface area contributed by atoms with Gasteiger partial charge in [-0.15, -0.1) is 0 Å². The van der Waals surface area contributed by atoms with Gasteiger partial charge in [0.15, 0.2) is 0 Å². The minimum Gasteiger partial charge on any atom is -0.197 e. The Morgan fingerprint density at radius 1 is 0.950 bits per heavy atom. The molecule has 4 heteroatoms. The average molecular weight is 282 g/mol. The monoisotopic (exact) mass is 281 g/mol. The first-order valence-corrected chi connectivity index (χ1v) is 6.59. The van der Waals surface area contributed by atoms with E-state index in [9.17, 15) is 0 Å². The first-order valence-electron chi connectivity index (χ1n) is 6.22. The second-order valence-corrected chi connectivity index (χ2v) is 4.74. The number of nitrogens with one attached hydrogen (secondary N) is 1. The molecule has 0 atom stereocenters. The fourth-order valence-corrected chi connectivity index (χ4v) is 2.19. The van der Waals surface area contributed by atoms with Crippen LogP contribution in [0.1, 0.15) is 11.3 Å². The minimum atomic E-state index is 0.762. The van der Waals surface area contributed by atoms with Gasteiger partial charge in [0.2, 0.25) is 0 Å². The molecule has 0 spiro atoms. The van der Waals surface area contributed by atoms with Crippen LogP contribution in [0.5, 0.6) is 0 Å². The summed E-state index contributed by atoms with van der Waals surface area (Å²) in [6.07, 6.45) is 5.58. The van der Waals surface area contributed by atoms with Crippen molar-refractivity contribution >= 4 is 23.8 Å². The van der Waals surface area contributed by atoms with Crippen LogP contribution >= 0.6 is 11.6 Å². The highest BCUT2D eigenvalue weighted by atomic mass is 35.5. The Bertz CT molecular complexity index is 716. The van der Waals surface area contributed by atoms with Gasteiger partial charge in [0, 0.05) is 10.6 Å². The van der Waals surface area contributed by atoms with Crippen molar-refractivity contribution in [1.29, 1.82) is 0 Å². The number of nitrogens with zero attached hydrogens (tertiary/aromatic N) is 2. The van der Waals surface area contributed by atoms with Crippen molar-refractivity contribution in [3.05, 3.63) is 71.0 Å². The van der Waals surface area contributed by atoms with E-state index in [-0.39, 0.29) is 0 Å². The third-order valence-corrected chi connectivity index (χ3v) is 3.31. The van der Waals surface area contributed by atoms with Crippen molar-refractivity contribution in [2.45, 2.75) is 0 Å². The summed E-state index contributed by atoms with van der Waals surface area (Å²) in [5, 5.41) is 11.1. The molecule has 0 aliphatic rings. The number of aromatic nitrogens is 3. The largest absolute Gasteiger partial charge is 0.197 e. The zero-order valence-corrected chi connectivity index (χ0v) is 11.4. The molecule has 0 saturated heterocycles. The maximum Gasteiger partial charge on any atom is 0.105 e. The topological polar surface area (TPSA) is 41.6 Å². The Kier molecular flexibility index (Phi) is 3.61. The Hall–Kier alpha value is -2.39. The molecule has 0 amide bonds. The van der Waals surface area contributed by atoms with Gasteiger partial charge < -0.3 is 0 Å². The van der Waals surface area contributed by atoms with Gasteiger partial charge in [0.25, 0.3) is 0 Å². The van der Waals surface area contributed by atoms with E-state index in [0.29, 0.717) is 0 Å². The van der Waals surface area contributed by atoms with Crippen molar-refractivity contribution in [2.75, 3.05) is 0 Å². The summed E-state index contributed by atoms with van der Waals surface area (Å²) in [6, 6.07) is 16.1. The van der Waals surface area contributed by atoms with Crippen LogP contribution in [0.15, 0.2) is 54.7 Å². The van der Waals surface area contributed by atoms with E-state index in [0.717, 1.165) is 27.4 Å². The molecular formula is C16H12ClN3. The predicted molar refractivity (Wildman–Crippen MR) is 82.2 cm³/mol. The molecule has 0 unspecified atom stereocenters. The zero-order valence-electron chi connectivity index (χ0n) is 10.6. The molecule has 0 saturated carbocycles. The first kappa shape index (κ1) is 12.6. The molecule has 0 bridgehead atoms. The number of benzene rings is 2. The molecule has 2 aromatic carbocycles. The van der Waals surface area contributed by atoms with E-state index < -0.39 is 0 Å². The van der Waals surface area contributed by atoms with Crippen LogP contribution < -0.4 is 0 Å².